The number of ether oxygens (including phenoxy) is 1. The first kappa shape index (κ1) is 22.8. The second-order valence-electron chi connectivity index (χ2n) is 7.53. The summed E-state index contributed by atoms with van der Waals surface area (Å²) >= 11 is 5.25. The van der Waals surface area contributed by atoms with Gasteiger partial charge in [-0.3, -0.25) is 0 Å². The lowest BCUT2D eigenvalue weighted by molar-refractivity contribution is -0.141. The molecule has 3 aromatic rings. The number of nitrogens with zero attached hydrogens (tertiary/aromatic N) is 3. The quantitative estimate of drug-likeness (QED) is 0.527. The van der Waals surface area contributed by atoms with Gasteiger partial charge in [-0.2, -0.15) is 18.2 Å². The lowest BCUT2D eigenvalue weighted by Gasteiger charge is -2.30. The van der Waals surface area contributed by atoms with E-state index in [4.69, 9.17) is 17.0 Å². The second kappa shape index (κ2) is 9.62. The second-order valence-corrected chi connectivity index (χ2v) is 7.94. The molecule has 0 radical (unpaired) electrons. The normalized spacial score (nSPS) is 13.3. The summed E-state index contributed by atoms with van der Waals surface area (Å²) in [5.41, 5.74) is 2.17. The first-order chi connectivity index (χ1) is 15.8. The molecule has 0 aliphatic carbocycles. The summed E-state index contributed by atoms with van der Waals surface area (Å²) in [5.74, 6) is 0.725. The lowest BCUT2D eigenvalue weighted by atomic mass is 10.00. The van der Waals surface area contributed by atoms with Crippen LogP contribution in [0.4, 0.5) is 24.9 Å². The van der Waals surface area contributed by atoms with E-state index in [0.717, 1.165) is 29.4 Å². The topological polar surface area (TPSA) is 62.3 Å². The number of fused-ring (bicyclic) bond motifs is 1. The Labute approximate surface area is 194 Å². The number of nitrogens with one attached hydrogen (secondary N) is 2. The highest BCUT2D eigenvalue weighted by atomic mass is 32.1. The number of methoxy groups -OCH3 is 1. The molecule has 0 fully saturated rings. The monoisotopic (exact) mass is 473 g/mol. The summed E-state index contributed by atoms with van der Waals surface area (Å²) in [5, 5.41) is 5.78. The molecular weight excluding hydrogens is 451 g/mol. The first-order valence-electron chi connectivity index (χ1n) is 10.3. The summed E-state index contributed by atoms with van der Waals surface area (Å²) in [7, 11) is 1.58. The number of benzene rings is 2. The lowest BCUT2D eigenvalue weighted by Crippen LogP contribution is -2.33. The van der Waals surface area contributed by atoms with E-state index in [1.807, 2.05) is 53.4 Å². The number of thiocarbonyl (C=S) groups is 1. The molecule has 4 rings (SSSR count). The van der Waals surface area contributed by atoms with E-state index in [-0.39, 0.29) is 16.9 Å². The number of anilines is 2. The highest BCUT2D eigenvalue weighted by molar-refractivity contribution is 7.80. The molecule has 0 saturated carbocycles. The van der Waals surface area contributed by atoms with Crippen molar-refractivity contribution in [3.63, 3.8) is 0 Å². The molecule has 0 unspecified atom stereocenters. The molecule has 2 heterocycles. The van der Waals surface area contributed by atoms with Crippen molar-refractivity contribution >= 4 is 29.1 Å². The van der Waals surface area contributed by atoms with Gasteiger partial charge in [0.1, 0.15) is 11.6 Å². The number of hydrogen-bond acceptors (Lipinski definition) is 5. The Bertz CT molecular complexity index is 1140. The van der Waals surface area contributed by atoms with Crippen LogP contribution in [-0.2, 0) is 25.7 Å². The predicted molar refractivity (Wildman–Crippen MR) is 124 cm³/mol. The molecule has 1 aliphatic heterocycles. The third kappa shape index (κ3) is 5.70. The molecule has 2 N–H and O–H groups in total. The molecule has 2 aromatic carbocycles. The Hall–Kier alpha value is -3.40. The van der Waals surface area contributed by atoms with Crippen LogP contribution in [0.15, 0.2) is 54.6 Å². The van der Waals surface area contributed by atoms with Crippen LogP contribution < -0.4 is 20.3 Å². The molecule has 0 saturated heterocycles. The third-order valence-electron chi connectivity index (χ3n) is 5.30. The van der Waals surface area contributed by atoms with Gasteiger partial charge < -0.3 is 20.3 Å². The van der Waals surface area contributed by atoms with Crippen LogP contribution in [0.3, 0.4) is 0 Å². The smallest absolute Gasteiger partial charge is 0.433 e. The average Bonchev–Trinajstić information content (AvgIpc) is 2.82. The maximum absolute atomic E-state index is 13.5. The van der Waals surface area contributed by atoms with E-state index in [0.29, 0.717) is 19.6 Å². The van der Waals surface area contributed by atoms with Gasteiger partial charge in [-0.1, -0.05) is 36.4 Å². The minimum atomic E-state index is -4.61. The molecule has 0 bridgehead atoms. The van der Waals surface area contributed by atoms with Gasteiger partial charge in [-0.15, -0.1) is 0 Å². The standard InChI is InChI=1S/C23H22F3N5OS/c1-32-18-8-6-15(7-9-18)13-27-22(33)30-21-28-19(23(24,25)26)12-20(29-21)31-11-10-16-4-2-3-5-17(16)14-31/h2-9,12H,10-11,13-14H2,1H3,(H2,27,28,29,30,33). The number of aromatic nitrogens is 2. The molecule has 0 spiro atoms. The molecule has 0 atom stereocenters. The maximum Gasteiger partial charge on any atom is 0.433 e. The van der Waals surface area contributed by atoms with Gasteiger partial charge in [0.05, 0.1) is 7.11 Å². The first-order valence-corrected chi connectivity index (χ1v) is 10.7. The molecular formula is C23H22F3N5OS. The van der Waals surface area contributed by atoms with Gasteiger partial charge in [0, 0.05) is 25.7 Å². The molecule has 1 aliphatic rings. The number of alkyl halides is 3. The Morgan fingerprint density at radius 2 is 1.82 bits per heavy atom. The molecule has 1 aromatic heterocycles. The minimum absolute atomic E-state index is 0.125. The highest BCUT2D eigenvalue weighted by Crippen LogP contribution is 2.32. The SMILES string of the molecule is COc1ccc(CNC(=S)Nc2nc(N3CCc4ccccc4C3)cc(C(F)(F)F)n2)cc1. The van der Waals surface area contributed by atoms with Crippen molar-refractivity contribution < 1.29 is 17.9 Å². The van der Waals surface area contributed by atoms with Crippen molar-refractivity contribution in [1.82, 2.24) is 15.3 Å². The van der Waals surface area contributed by atoms with Gasteiger partial charge in [-0.25, -0.2) is 4.98 Å². The van der Waals surface area contributed by atoms with Crippen molar-refractivity contribution in [2.24, 2.45) is 0 Å². The van der Waals surface area contributed by atoms with Crippen LogP contribution >= 0.6 is 12.2 Å². The van der Waals surface area contributed by atoms with Crippen molar-refractivity contribution in [3.05, 3.63) is 77.0 Å². The zero-order chi connectivity index (χ0) is 23.4. The average molecular weight is 474 g/mol. The Morgan fingerprint density at radius 3 is 2.52 bits per heavy atom. The molecule has 172 valence electrons. The fourth-order valence-corrected chi connectivity index (χ4v) is 3.72. The number of halogens is 3. The Balaban J connectivity index is 1.49. The van der Waals surface area contributed by atoms with Crippen molar-refractivity contribution in [3.8, 4) is 5.75 Å². The molecule has 10 heteroatoms. The largest absolute Gasteiger partial charge is 0.497 e. The minimum Gasteiger partial charge on any atom is -0.497 e. The summed E-state index contributed by atoms with van der Waals surface area (Å²) in [4.78, 5) is 9.78. The van der Waals surface area contributed by atoms with Crippen LogP contribution in [-0.4, -0.2) is 28.7 Å². The van der Waals surface area contributed by atoms with E-state index in [2.05, 4.69) is 20.6 Å². The van der Waals surface area contributed by atoms with E-state index in [9.17, 15) is 13.2 Å². The van der Waals surface area contributed by atoms with Crippen molar-refractivity contribution in [2.45, 2.75) is 25.7 Å². The van der Waals surface area contributed by atoms with Gasteiger partial charge in [0.2, 0.25) is 5.95 Å². The van der Waals surface area contributed by atoms with Crippen LogP contribution in [0.5, 0.6) is 5.75 Å². The highest BCUT2D eigenvalue weighted by Gasteiger charge is 2.34. The summed E-state index contributed by atoms with van der Waals surface area (Å²) in [6.07, 6.45) is -3.88. The van der Waals surface area contributed by atoms with Crippen LogP contribution in [0, 0.1) is 0 Å². The summed E-state index contributed by atoms with van der Waals surface area (Å²) < 4.78 is 45.7. The Kier molecular flexibility index (Phi) is 6.64. The van der Waals surface area contributed by atoms with E-state index >= 15 is 0 Å². The summed E-state index contributed by atoms with van der Waals surface area (Å²) in [6, 6.07) is 16.2. The molecule has 6 nitrogen and oxygen atoms in total. The van der Waals surface area contributed by atoms with Crippen molar-refractivity contribution in [1.29, 1.82) is 0 Å². The predicted octanol–water partition coefficient (Wildman–Crippen LogP) is 4.55. The zero-order valence-electron chi connectivity index (χ0n) is 17.8. The van der Waals surface area contributed by atoms with Crippen molar-refractivity contribution in [2.75, 3.05) is 23.9 Å². The van der Waals surface area contributed by atoms with Gasteiger partial charge in [-0.05, 0) is 47.5 Å². The van der Waals surface area contributed by atoms with Crippen LogP contribution in [0.2, 0.25) is 0 Å². The zero-order valence-corrected chi connectivity index (χ0v) is 18.6. The Morgan fingerprint density at radius 1 is 1.09 bits per heavy atom. The van der Waals surface area contributed by atoms with Crippen LogP contribution in [0.25, 0.3) is 0 Å². The fourth-order valence-electron chi connectivity index (χ4n) is 3.56. The van der Waals surface area contributed by atoms with Gasteiger partial charge in [0.25, 0.3) is 0 Å². The van der Waals surface area contributed by atoms with E-state index in [1.54, 1.807) is 7.11 Å². The maximum atomic E-state index is 13.5. The van der Waals surface area contributed by atoms with E-state index in [1.165, 1.54) is 5.56 Å². The van der Waals surface area contributed by atoms with Gasteiger partial charge in [0.15, 0.2) is 10.8 Å². The number of hydrogen-bond donors (Lipinski definition) is 2. The van der Waals surface area contributed by atoms with E-state index < -0.39 is 11.9 Å². The summed E-state index contributed by atoms with van der Waals surface area (Å²) in [6.45, 7) is 1.42. The van der Waals surface area contributed by atoms with Gasteiger partial charge >= 0.3 is 6.18 Å². The fraction of sp³-hybridized carbons (Fsp3) is 0.261. The van der Waals surface area contributed by atoms with Crippen LogP contribution in [0.1, 0.15) is 22.4 Å². The molecule has 0 amide bonds. The third-order valence-corrected chi connectivity index (χ3v) is 5.54. The molecule has 33 heavy (non-hydrogen) atoms. The number of rotatable bonds is 5.